The fraction of sp³-hybridized carbons (Fsp3) is 0. The van der Waals surface area contributed by atoms with E-state index in [1.54, 1.807) is 12.1 Å². The van der Waals surface area contributed by atoms with Gasteiger partial charge < -0.3 is 5.73 Å². The number of benzene rings is 1. The minimum atomic E-state index is -0.455. The molecule has 2 N–H and O–H groups in total. The molecule has 2 rings (SSSR count). The van der Waals surface area contributed by atoms with Crippen LogP contribution in [-0.4, -0.2) is 14.9 Å². The van der Waals surface area contributed by atoms with E-state index in [9.17, 15) is 10.1 Å². The first-order chi connectivity index (χ1) is 7.68. The number of anilines is 1. The number of hydrogen-bond donors (Lipinski definition) is 1. The van der Waals surface area contributed by atoms with Gasteiger partial charge in [-0.1, -0.05) is 0 Å². The third-order valence-corrected chi connectivity index (χ3v) is 2.08. The number of nitro groups is 1. The van der Waals surface area contributed by atoms with Crippen LogP contribution in [0.15, 0.2) is 36.7 Å². The quantitative estimate of drug-likeness (QED) is 0.608. The molecule has 0 radical (unpaired) electrons. The molecular weight excluding hydrogens is 208 g/mol. The van der Waals surface area contributed by atoms with Gasteiger partial charge in [-0.05, 0) is 12.1 Å². The maximum atomic E-state index is 10.5. The predicted octanol–water partition coefficient (Wildman–Crippen LogP) is 1.63. The fourth-order valence-corrected chi connectivity index (χ4v) is 1.31. The molecule has 1 aromatic heterocycles. The van der Waals surface area contributed by atoms with Crippen LogP contribution in [0.3, 0.4) is 0 Å². The molecule has 0 aliphatic carbocycles. The summed E-state index contributed by atoms with van der Waals surface area (Å²) >= 11 is 0. The second-order valence-corrected chi connectivity index (χ2v) is 3.09. The first-order valence-electron chi connectivity index (χ1n) is 4.50. The summed E-state index contributed by atoms with van der Waals surface area (Å²) in [6, 6.07) is 6.00. The highest BCUT2D eigenvalue weighted by Crippen LogP contribution is 2.23. The van der Waals surface area contributed by atoms with Crippen LogP contribution in [0.4, 0.5) is 11.5 Å². The topological polar surface area (TPSA) is 94.9 Å². The van der Waals surface area contributed by atoms with Crippen molar-refractivity contribution in [3.8, 4) is 11.3 Å². The predicted molar refractivity (Wildman–Crippen MR) is 58.5 cm³/mol. The average molecular weight is 216 g/mol. The van der Waals surface area contributed by atoms with Gasteiger partial charge >= 0.3 is 0 Å². The normalized spacial score (nSPS) is 10.0. The highest BCUT2D eigenvalue weighted by molar-refractivity contribution is 5.70. The van der Waals surface area contributed by atoms with E-state index in [0.717, 1.165) is 0 Å². The Balaban J connectivity index is 2.43. The molecule has 0 saturated carbocycles. The molecule has 0 amide bonds. The van der Waals surface area contributed by atoms with Crippen LogP contribution in [-0.2, 0) is 0 Å². The van der Waals surface area contributed by atoms with E-state index in [1.807, 2.05) is 0 Å². The zero-order valence-electron chi connectivity index (χ0n) is 8.20. The Morgan fingerprint density at radius 1 is 1.12 bits per heavy atom. The highest BCUT2D eigenvalue weighted by atomic mass is 16.6. The largest absolute Gasteiger partial charge is 0.382 e. The molecule has 0 saturated heterocycles. The number of non-ortho nitro benzene ring substituents is 1. The Hall–Kier alpha value is -2.50. The molecule has 1 aromatic carbocycles. The van der Waals surface area contributed by atoms with Gasteiger partial charge in [0.15, 0.2) is 0 Å². The van der Waals surface area contributed by atoms with Crippen LogP contribution in [0.1, 0.15) is 0 Å². The lowest BCUT2D eigenvalue weighted by Gasteiger charge is -2.02. The Bertz CT molecular complexity index is 525. The number of rotatable bonds is 2. The maximum Gasteiger partial charge on any atom is 0.269 e. The van der Waals surface area contributed by atoms with Gasteiger partial charge in [0.1, 0.15) is 11.5 Å². The minimum absolute atomic E-state index is 0.0335. The number of nitrogens with two attached hydrogens (primary N) is 1. The summed E-state index contributed by atoms with van der Waals surface area (Å²) in [5.41, 5.74) is 6.91. The van der Waals surface area contributed by atoms with Gasteiger partial charge in [-0.3, -0.25) is 15.1 Å². The van der Waals surface area contributed by atoms with E-state index in [1.165, 1.54) is 24.5 Å². The van der Waals surface area contributed by atoms with Crippen LogP contribution in [0.5, 0.6) is 0 Å². The number of hydrogen-bond acceptors (Lipinski definition) is 5. The van der Waals surface area contributed by atoms with Crippen LogP contribution >= 0.6 is 0 Å². The summed E-state index contributed by atoms with van der Waals surface area (Å²) in [6.45, 7) is 0. The Morgan fingerprint density at radius 3 is 2.31 bits per heavy atom. The van der Waals surface area contributed by atoms with Crippen LogP contribution in [0.2, 0.25) is 0 Å². The minimum Gasteiger partial charge on any atom is -0.382 e. The number of nitrogen functional groups attached to an aromatic ring is 1. The second kappa shape index (κ2) is 3.93. The van der Waals surface area contributed by atoms with Gasteiger partial charge in [-0.15, -0.1) is 0 Å². The molecule has 0 aliphatic heterocycles. The molecular formula is C10H8N4O2. The zero-order chi connectivity index (χ0) is 11.5. The van der Waals surface area contributed by atoms with Gasteiger partial charge in [0.2, 0.25) is 0 Å². The lowest BCUT2D eigenvalue weighted by Crippen LogP contribution is -1.96. The Morgan fingerprint density at radius 2 is 1.75 bits per heavy atom. The molecule has 0 atom stereocenters. The van der Waals surface area contributed by atoms with Crippen molar-refractivity contribution < 1.29 is 4.92 Å². The van der Waals surface area contributed by atoms with E-state index < -0.39 is 4.92 Å². The van der Waals surface area contributed by atoms with Gasteiger partial charge in [0.05, 0.1) is 4.92 Å². The smallest absolute Gasteiger partial charge is 0.269 e. The Kier molecular flexibility index (Phi) is 2.47. The molecule has 0 bridgehead atoms. The summed E-state index contributed by atoms with van der Waals surface area (Å²) in [5, 5.41) is 10.5. The molecule has 0 unspecified atom stereocenters. The molecule has 16 heavy (non-hydrogen) atoms. The van der Waals surface area contributed by atoms with E-state index in [4.69, 9.17) is 5.73 Å². The van der Waals surface area contributed by atoms with Gasteiger partial charge in [-0.25, -0.2) is 4.98 Å². The number of nitro benzene ring substituents is 1. The van der Waals surface area contributed by atoms with Gasteiger partial charge in [0, 0.05) is 30.1 Å². The molecule has 0 fully saturated rings. The van der Waals surface area contributed by atoms with Gasteiger partial charge in [0.25, 0.3) is 5.69 Å². The fourth-order valence-electron chi connectivity index (χ4n) is 1.31. The monoisotopic (exact) mass is 216 g/mol. The summed E-state index contributed by atoms with van der Waals surface area (Å²) in [5.74, 6) is 0.302. The Labute approximate surface area is 90.9 Å². The highest BCUT2D eigenvalue weighted by Gasteiger charge is 2.08. The van der Waals surface area contributed by atoms with Crippen molar-refractivity contribution in [3.63, 3.8) is 0 Å². The van der Waals surface area contributed by atoms with E-state index in [0.29, 0.717) is 17.1 Å². The van der Waals surface area contributed by atoms with E-state index in [2.05, 4.69) is 9.97 Å². The molecule has 6 heteroatoms. The maximum absolute atomic E-state index is 10.5. The van der Waals surface area contributed by atoms with Gasteiger partial charge in [-0.2, -0.15) is 0 Å². The van der Waals surface area contributed by atoms with Crippen LogP contribution < -0.4 is 5.73 Å². The third-order valence-electron chi connectivity index (χ3n) is 2.08. The van der Waals surface area contributed by atoms with Crippen molar-refractivity contribution in [2.45, 2.75) is 0 Å². The summed E-state index contributed by atoms with van der Waals surface area (Å²) in [7, 11) is 0. The molecule has 6 nitrogen and oxygen atoms in total. The molecule has 0 spiro atoms. The SMILES string of the molecule is Nc1nccnc1-c1ccc([N+](=O)[O-])cc1. The number of aromatic nitrogens is 2. The van der Waals surface area contributed by atoms with Crippen LogP contribution in [0, 0.1) is 10.1 Å². The van der Waals surface area contributed by atoms with Crippen LogP contribution in [0.25, 0.3) is 11.3 Å². The lowest BCUT2D eigenvalue weighted by molar-refractivity contribution is -0.384. The van der Waals surface area contributed by atoms with Crippen molar-refractivity contribution in [3.05, 3.63) is 46.8 Å². The zero-order valence-corrected chi connectivity index (χ0v) is 8.20. The van der Waals surface area contributed by atoms with Crippen molar-refractivity contribution in [2.24, 2.45) is 0 Å². The summed E-state index contributed by atoms with van der Waals surface area (Å²) in [4.78, 5) is 18.0. The van der Waals surface area contributed by atoms with E-state index >= 15 is 0 Å². The van der Waals surface area contributed by atoms with Crippen molar-refractivity contribution >= 4 is 11.5 Å². The second-order valence-electron chi connectivity index (χ2n) is 3.09. The van der Waals surface area contributed by atoms with E-state index in [-0.39, 0.29) is 5.69 Å². The molecule has 2 aromatic rings. The molecule has 0 aliphatic rings. The van der Waals surface area contributed by atoms with Crippen molar-refractivity contribution in [1.29, 1.82) is 0 Å². The summed E-state index contributed by atoms with van der Waals surface area (Å²) < 4.78 is 0. The lowest BCUT2D eigenvalue weighted by atomic mass is 10.1. The first kappa shape index (κ1) is 10.0. The summed E-state index contributed by atoms with van der Waals surface area (Å²) in [6.07, 6.45) is 3.01. The third kappa shape index (κ3) is 1.81. The first-order valence-corrected chi connectivity index (χ1v) is 4.50. The van der Waals surface area contributed by atoms with Crippen molar-refractivity contribution in [1.82, 2.24) is 9.97 Å². The molecule has 80 valence electrons. The number of nitrogens with zero attached hydrogens (tertiary/aromatic N) is 3. The van der Waals surface area contributed by atoms with Crippen molar-refractivity contribution in [2.75, 3.05) is 5.73 Å². The average Bonchev–Trinajstić information content (AvgIpc) is 2.30. The standard InChI is InChI=1S/C10H8N4O2/c11-10-9(12-5-6-13-10)7-1-3-8(4-2-7)14(15)16/h1-6H,(H2,11,13). The molecule has 1 heterocycles.